The topological polar surface area (TPSA) is 63.8 Å². The molecule has 0 amide bonds. The van der Waals surface area contributed by atoms with E-state index in [4.69, 9.17) is 21.4 Å². The second kappa shape index (κ2) is 8.93. The summed E-state index contributed by atoms with van der Waals surface area (Å²) in [6.07, 6.45) is 0. The van der Waals surface area contributed by atoms with Crippen molar-refractivity contribution in [2.24, 2.45) is 10.9 Å². The molecule has 0 bridgehead atoms. The first kappa shape index (κ1) is 20.5. The van der Waals surface area contributed by atoms with Gasteiger partial charge in [-0.3, -0.25) is 4.79 Å². The molecule has 1 aliphatic heterocycles. The number of nitrogens with zero attached hydrogens (tertiary/aromatic N) is 1. The minimum atomic E-state index is -0.692. The molecule has 0 spiro atoms. The summed E-state index contributed by atoms with van der Waals surface area (Å²) >= 11 is 8.82. The number of aliphatic imine (C=N–C) groups is 1. The zero-order valence-electron chi connectivity index (χ0n) is 16.2. The molecule has 2 heterocycles. The minimum Gasteiger partial charge on any atom is -0.465 e. The first-order valence-electron chi connectivity index (χ1n) is 9.53. The Kier molecular flexibility index (Phi) is 6.11. The summed E-state index contributed by atoms with van der Waals surface area (Å²) in [5.41, 5.74) is 2.33. The quantitative estimate of drug-likeness (QED) is 0.394. The summed E-state index contributed by atoms with van der Waals surface area (Å²) in [7, 11) is 0. The van der Waals surface area contributed by atoms with Crippen molar-refractivity contribution in [3.05, 3.63) is 82.5 Å². The maximum absolute atomic E-state index is 13.0. The Bertz CT molecular complexity index is 1090. The molecule has 0 saturated carbocycles. The van der Waals surface area contributed by atoms with Gasteiger partial charge in [0.15, 0.2) is 5.11 Å². The highest BCUT2D eigenvalue weighted by Gasteiger charge is 2.41. The highest BCUT2D eigenvalue weighted by atomic mass is 79.9. The van der Waals surface area contributed by atoms with Crippen LogP contribution in [-0.4, -0.2) is 23.4 Å². The van der Waals surface area contributed by atoms with Crippen molar-refractivity contribution in [3.63, 3.8) is 0 Å². The van der Waals surface area contributed by atoms with Crippen LogP contribution in [0.1, 0.15) is 24.3 Å². The lowest BCUT2D eigenvalue weighted by Gasteiger charge is -2.30. The number of halogens is 1. The molecular weight excluding hydrogens is 464 g/mol. The Labute approximate surface area is 188 Å². The van der Waals surface area contributed by atoms with Crippen LogP contribution in [0.3, 0.4) is 0 Å². The van der Waals surface area contributed by atoms with Crippen molar-refractivity contribution in [2.45, 2.75) is 13.0 Å². The largest absolute Gasteiger partial charge is 0.465 e. The van der Waals surface area contributed by atoms with Crippen molar-refractivity contribution in [2.75, 3.05) is 6.61 Å². The standard InChI is InChI=1S/C23H19BrN2O3S/c1-2-28-22(27)19-20(15-6-4-3-5-7-15)25-23(30)26-21(19)18-13-12-17(29-18)14-8-10-16(24)11-9-14/h3-13,19,21H,2H2,1H3,(H,26,30). The first-order chi connectivity index (χ1) is 14.6. The van der Waals surface area contributed by atoms with E-state index in [0.717, 1.165) is 15.6 Å². The lowest BCUT2D eigenvalue weighted by atomic mass is 9.87. The number of carbonyl (C=O) groups is 1. The van der Waals surface area contributed by atoms with Crippen molar-refractivity contribution >= 4 is 44.9 Å². The fourth-order valence-corrected chi connectivity index (χ4v) is 3.93. The van der Waals surface area contributed by atoms with E-state index in [1.165, 1.54) is 0 Å². The lowest BCUT2D eigenvalue weighted by Crippen LogP contribution is -2.45. The monoisotopic (exact) mass is 482 g/mol. The van der Waals surface area contributed by atoms with Gasteiger partial charge in [0, 0.05) is 10.0 Å². The molecule has 30 heavy (non-hydrogen) atoms. The molecule has 4 rings (SSSR count). The fourth-order valence-electron chi connectivity index (χ4n) is 3.44. The maximum Gasteiger partial charge on any atom is 0.317 e. The molecule has 0 fully saturated rings. The molecule has 2 aromatic carbocycles. The number of ether oxygens (including phenoxy) is 1. The van der Waals surface area contributed by atoms with Gasteiger partial charge in [0.25, 0.3) is 0 Å². The van der Waals surface area contributed by atoms with Crippen LogP contribution in [0.2, 0.25) is 0 Å². The first-order valence-corrected chi connectivity index (χ1v) is 10.7. The molecule has 2 unspecified atom stereocenters. The number of furan rings is 1. The Morgan fingerprint density at radius 2 is 1.83 bits per heavy atom. The highest BCUT2D eigenvalue weighted by molar-refractivity contribution is 9.10. The molecule has 2 atom stereocenters. The van der Waals surface area contributed by atoms with Crippen LogP contribution in [0, 0.1) is 5.92 Å². The van der Waals surface area contributed by atoms with Crippen LogP contribution in [0.25, 0.3) is 11.3 Å². The predicted octanol–water partition coefficient (Wildman–Crippen LogP) is 5.31. The van der Waals surface area contributed by atoms with Crippen LogP contribution >= 0.6 is 28.1 Å². The van der Waals surface area contributed by atoms with Gasteiger partial charge >= 0.3 is 5.97 Å². The molecule has 1 N–H and O–H groups in total. The van der Waals surface area contributed by atoms with Crippen LogP contribution in [0.15, 0.2) is 80.6 Å². The van der Waals surface area contributed by atoms with E-state index in [1.807, 2.05) is 66.7 Å². The Morgan fingerprint density at radius 3 is 2.53 bits per heavy atom. The van der Waals surface area contributed by atoms with E-state index in [0.29, 0.717) is 22.3 Å². The molecule has 5 nitrogen and oxygen atoms in total. The summed E-state index contributed by atoms with van der Waals surface area (Å²) in [4.78, 5) is 17.4. The number of hydrogen-bond acceptors (Lipinski definition) is 4. The second-order valence-electron chi connectivity index (χ2n) is 6.73. The Morgan fingerprint density at radius 1 is 1.10 bits per heavy atom. The molecule has 7 heteroatoms. The number of benzene rings is 2. The van der Waals surface area contributed by atoms with E-state index in [-0.39, 0.29) is 12.6 Å². The number of hydrogen-bond donors (Lipinski definition) is 1. The zero-order chi connectivity index (χ0) is 21.1. The number of rotatable bonds is 5. The number of carbonyl (C=O) groups excluding carboxylic acids is 1. The van der Waals surface area contributed by atoms with Gasteiger partial charge in [0.05, 0.1) is 12.3 Å². The molecule has 0 aliphatic carbocycles. The van der Waals surface area contributed by atoms with Crippen molar-refractivity contribution in [1.29, 1.82) is 0 Å². The van der Waals surface area contributed by atoms with Crippen LogP contribution in [0.4, 0.5) is 0 Å². The molecule has 0 saturated heterocycles. The Balaban J connectivity index is 1.74. The average molecular weight is 483 g/mol. The van der Waals surface area contributed by atoms with E-state index < -0.39 is 12.0 Å². The molecule has 0 radical (unpaired) electrons. The summed E-state index contributed by atoms with van der Waals surface area (Å²) in [6.45, 7) is 2.06. The van der Waals surface area contributed by atoms with Crippen molar-refractivity contribution in [1.82, 2.24) is 5.32 Å². The molecule has 1 aliphatic rings. The Hall–Kier alpha value is -2.77. The van der Waals surface area contributed by atoms with Crippen molar-refractivity contribution in [3.8, 4) is 11.3 Å². The fraction of sp³-hybridized carbons (Fsp3) is 0.174. The third-order valence-corrected chi connectivity index (χ3v) is 5.54. The van der Waals surface area contributed by atoms with Gasteiger partial charge in [0.1, 0.15) is 23.5 Å². The molecule has 1 aromatic heterocycles. The van der Waals surface area contributed by atoms with Crippen LogP contribution < -0.4 is 5.32 Å². The van der Waals surface area contributed by atoms with Crippen molar-refractivity contribution < 1.29 is 13.9 Å². The van der Waals surface area contributed by atoms with E-state index in [1.54, 1.807) is 6.92 Å². The highest BCUT2D eigenvalue weighted by Crippen LogP contribution is 2.34. The van der Waals surface area contributed by atoms with Crippen LogP contribution in [0.5, 0.6) is 0 Å². The van der Waals surface area contributed by atoms with Gasteiger partial charge in [-0.1, -0.05) is 58.4 Å². The van der Waals surface area contributed by atoms with Gasteiger partial charge in [-0.15, -0.1) is 0 Å². The molecule has 3 aromatic rings. The number of esters is 1. The number of thiocarbonyl (C=S) groups is 1. The van der Waals surface area contributed by atoms with E-state index >= 15 is 0 Å². The smallest absolute Gasteiger partial charge is 0.317 e. The summed E-state index contributed by atoms with van der Waals surface area (Å²) < 4.78 is 12.5. The average Bonchev–Trinajstić information content (AvgIpc) is 3.24. The second-order valence-corrected chi connectivity index (χ2v) is 8.03. The molecular formula is C23H19BrN2O3S. The SMILES string of the molecule is CCOC(=O)C1C(c2ccccc2)=NC(=S)NC1c1ccc(-c2ccc(Br)cc2)o1. The zero-order valence-corrected chi connectivity index (χ0v) is 18.6. The van der Waals surface area contributed by atoms with Gasteiger partial charge < -0.3 is 14.5 Å². The van der Waals surface area contributed by atoms with Gasteiger partial charge in [-0.2, -0.15) is 0 Å². The third kappa shape index (κ3) is 4.22. The summed E-state index contributed by atoms with van der Waals surface area (Å²) in [5, 5.41) is 3.44. The summed E-state index contributed by atoms with van der Waals surface area (Å²) in [5.74, 6) is 0.234. The van der Waals surface area contributed by atoms with Gasteiger partial charge in [0.2, 0.25) is 0 Å². The van der Waals surface area contributed by atoms with Gasteiger partial charge in [-0.25, -0.2) is 4.99 Å². The third-order valence-electron chi connectivity index (χ3n) is 4.80. The summed E-state index contributed by atoms with van der Waals surface area (Å²) in [6, 6.07) is 20.6. The van der Waals surface area contributed by atoms with E-state index in [9.17, 15) is 4.79 Å². The van der Waals surface area contributed by atoms with Crippen LogP contribution in [-0.2, 0) is 9.53 Å². The van der Waals surface area contributed by atoms with Gasteiger partial charge in [-0.05, 0) is 49.0 Å². The molecule has 152 valence electrons. The minimum absolute atomic E-state index is 0.275. The normalized spacial score (nSPS) is 18.5. The maximum atomic E-state index is 13.0. The van der Waals surface area contributed by atoms with E-state index in [2.05, 4.69) is 26.2 Å². The number of nitrogens with one attached hydrogen (secondary N) is 1. The predicted molar refractivity (Wildman–Crippen MR) is 123 cm³/mol. The lowest BCUT2D eigenvalue weighted by molar-refractivity contribution is -0.146.